The minimum atomic E-state index is -0.140. The molecule has 1 saturated heterocycles. The molecule has 134 valence electrons. The van der Waals surface area contributed by atoms with Crippen LogP contribution in [-0.4, -0.2) is 55.3 Å². The van der Waals surface area contributed by atoms with E-state index < -0.39 is 0 Å². The molecule has 0 unspecified atom stereocenters. The minimum Gasteiger partial charge on any atom is -0.381 e. The van der Waals surface area contributed by atoms with Gasteiger partial charge in [-0.2, -0.15) is 0 Å². The molecule has 0 aliphatic carbocycles. The zero-order valence-electron chi connectivity index (χ0n) is 14.9. The lowest BCUT2D eigenvalue weighted by Gasteiger charge is -2.42. The van der Waals surface area contributed by atoms with E-state index in [2.05, 4.69) is 40.7 Å². The van der Waals surface area contributed by atoms with Crippen molar-refractivity contribution < 1.29 is 9.53 Å². The number of fused-ring (bicyclic) bond motifs is 1. The maximum atomic E-state index is 12.2. The zero-order chi connectivity index (χ0) is 17.7. The highest BCUT2D eigenvalue weighted by Crippen LogP contribution is 2.25. The summed E-state index contributed by atoms with van der Waals surface area (Å²) >= 11 is 0. The molecule has 1 aliphatic rings. The van der Waals surface area contributed by atoms with Crippen LogP contribution in [0.5, 0.6) is 0 Å². The van der Waals surface area contributed by atoms with E-state index in [1.807, 2.05) is 24.3 Å². The summed E-state index contributed by atoms with van der Waals surface area (Å²) < 4.78 is 5.46. The van der Waals surface area contributed by atoms with Gasteiger partial charge in [-0.05, 0) is 50.7 Å². The van der Waals surface area contributed by atoms with Crippen LogP contribution in [0.3, 0.4) is 0 Å². The summed E-state index contributed by atoms with van der Waals surface area (Å²) in [7, 11) is 4.13. The third-order valence-electron chi connectivity index (χ3n) is 5.07. The fourth-order valence-corrected chi connectivity index (χ4v) is 3.26. The number of rotatable bonds is 5. The van der Waals surface area contributed by atoms with Crippen molar-refractivity contribution >= 4 is 16.9 Å². The van der Waals surface area contributed by atoms with Crippen molar-refractivity contribution in [2.75, 3.05) is 33.9 Å². The van der Waals surface area contributed by atoms with Gasteiger partial charge in [-0.1, -0.05) is 12.1 Å². The molecular formula is C19H26N4O2. The smallest absolute Gasteiger partial charge is 0.315 e. The molecule has 2 aromatic rings. The van der Waals surface area contributed by atoms with Gasteiger partial charge in [0.05, 0.1) is 5.52 Å². The second kappa shape index (κ2) is 7.80. The van der Waals surface area contributed by atoms with Gasteiger partial charge < -0.3 is 20.3 Å². The van der Waals surface area contributed by atoms with Gasteiger partial charge in [0.2, 0.25) is 0 Å². The molecule has 0 saturated carbocycles. The zero-order valence-corrected chi connectivity index (χ0v) is 14.9. The van der Waals surface area contributed by atoms with Crippen LogP contribution in [0.15, 0.2) is 36.5 Å². The Balaban J connectivity index is 1.53. The molecule has 0 radical (unpaired) electrons. The summed E-state index contributed by atoms with van der Waals surface area (Å²) in [6.45, 7) is 2.60. The SMILES string of the molecule is CN(C)C1(CNC(=O)NCc2ccc3ncccc3c2)CCOCC1. The Kier molecular flexibility index (Phi) is 5.50. The number of nitrogens with zero attached hydrogens (tertiary/aromatic N) is 2. The van der Waals surface area contributed by atoms with Crippen LogP contribution in [0.1, 0.15) is 18.4 Å². The van der Waals surface area contributed by atoms with Crippen molar-refractivity contribution in [1.29, 1.82) is 0 Å². The number of urea groups is 1. The Morgan fingerprint density at radius 3 is 2.80 bits per heavy atom. The number of hydrogen-bond donors (Lipinski definition) is 2. The number of aromatic nitrogens is 1. The molecule has 1 fully saturated rings. The third kappa shape index (κ3) is 4.27. The number of hydrogen-bond acceptors (Lipinski definition) is 4. The summed E-state index contributed by atoms with van der Waals surface area (Å²) in [4.78, 5) is 18.7. The number of ether oxygens (including phenoxy) is 1. The van der Waals surface area contributed by atoms with Gasteiger partial charge >= 0.3 is 6.03 Å². The molecule has 2 N–H and O–H groups in total. The lowest BCUT2D eigenvalue weighted by Crippen LogP contribution is -2.56. The molecule has 0 atom stereocenters. The highest BCUT2D eigenvalue weighted by molar-refractivity contribution is 5.79. The van der Waals surface area contributed by atoms with Gasteiger partial charge in [-0.25, -0.2) is 4.79 Å². The first-order valence-corrected chi connectivity index (χ1v) is 8.70. The number of nitrogens with one attached hydrogen (secondary N) is 2. The van der Waals surface area contributed by atoms with Gasteiger partial charge in [-0.3, -0.25) is 4.98 Å². The molecule has 6 nitrogen and oxygen atoms in total. The molecule has 0 spiro atoms. The first-order valence-electron chi connectivity index (χ1n) is 8.70. The van der Waals surface area contributed by atoms with E-state index in [9.17, 15) is 4.79 Å². The van der Waals surface area contributed by atoms with Crippen molar-refractivity contribution in [3.8, 4) is 0 Å². The van der Waals surface area contributed by atoms with Crippen LogP contribution in [-0.2, 0) is 11.3 Å². The highest BCUT2D eigenvalue weighted by atomic mass is 16.5. The minimum absolute atomic E-state index is 0.0236. The van der Waals surface area contributed by atoms with E-state index in [-0.39, 0.29) is 11.6 Å². The van der Waals surface area contributed by atoms with E-state index in [0.29, 0.717) is 13.1 Å². The number of carbonyl (C=O) groups is 1. The van der Waals surface area contributed by atoms with Gasteiger partial charge in [0.1, 0.15) is 0 Å². The predicted octanol–water partition coefficient (Wildman–Crippen LogP) is 2.14. The molecule has 2 heterocycles. The summed E-state index contributed by atoms with van der Waals surface area (Å²) in [6, 6.07) is 9.84. The Morgan fingerprint density at radius 2 is 2.04 bits per heavy atom. The van der Waals surface area contributed by atoms with Gasteiger partial charge in [0, 0.05) is 43.4 Å². The summed E-state index contributed by atoms with van der Waals surface area (Å²) in [6.07, 6.45) is 3.64. The van der Waals surface area contributed by atoms with Crippen molar-refractivity contribution in [3.63, 3.8) is 0 Å². The van der Waals surface area contributed by atoms with Crippen LogP contribution in [0.2, 0.25) is 0 Å². The molecule has 1 aromatic heterocycles. The standard InChI is InChI=1S/C19H26N4O2/c1-23(2)19(7-10-25-11-8-19)14-22-18(24)21-13-15-5-6-17-16(12-15)4-3-9-20-17/h3-6,9,12H,7-8,10-11,13-14H2,1-2H3,(H2,21,22,24). The summed E-state index contributed by atoms with van der Waals surface area (Å²) in [5.41, 5.74) is 2.00. The topological polar surface area (TPSA) is 66.5 Å². The van der Waals surface area contributed by atoms with E-state index in [1.54, 1.807) is 6.20 Å². The maximum Gasteiger partial charge on any atom is 0.315 e. The fourth-order valence-electron chi connectivity index (χ4n) is 3.26. The first kappa shape index (κ1) is 17.6. The quantitative estimate of drug-likeness (QED) is 0.874. The number of pyridine rings is 1. The van der Waals surface area contributed by atoms with Crippen LogP contribution < -0.4 is 10.6 Å². The molecular weight excluding hydrogens is 316 g/mol. The van der Waals surface area contributed by atoms with E-state index in [0.717, 1.165) is 42.5 Å². The van der Waals surface area contributed by atoms with E-state index in [4.69, 9.17) is 4.74 Å². The van der Waals surface area contributed by atoms with Gasteiger partial charge in [0.15, 0.2) is 0 Å². The lowest BCUT2D eigenvalue weighted by molar-refractivity contribution is -0.00571. The normalized spacial score (nSPS) is 16.8. The number of amides is 2. The average Bonchev–Trinajstić information content (AvgIpc) is 2.65. The average molecular weight is 342 g/mol. The second-order valence-corrected chi connectivity index (χ2v) is 6.80. The number of benzene rings is 1. The number of likely N-dealkylation sites (N-methyl/N-ethyl adjacent to an activating group) is 1. The van der Waals surface area contributed by atoms with Gasteiger partial charge in [0.25, 0.3) is 0 Å². The van der Waals surface area contributed by atoms with Gasteiger partial charge in [-0.15, -0.1) is 0 Å². The molecule has 6 heteroatoms. The molecule has 2 amide bonds. The van der Waals surface area contributed by atoms with Crippen LogP contribution >= 0.6 is 0 Å². The maximum absolute atomic E-state index is 12.2. The van der Waals surface area contributed by atoms with Crippen molar-refractivity contribution in [3.05, 3.63) is 42.1 Å². The van der Waals surface area contributed by atoms with Crippen LogP contribution in [0.25, 0.3) is 10.9 Å². The summed E-state index contributed by atoms with van der Waals surface area (Å²) in [5.74, 6) is 0. The Hall–Kier alpha value is -2.18. The Bertz CT molecular complexity index is 726. The number of carbonyl (C=O) groups excluding carboxylic acids is 1. The fraction of sp³-hybridized carbons (Fsp3) is 0.474. The summed E-state index contributed by atoms with van der Waals surface area (Å²) in [5, 5.41) is 7.04. The van der Waals surface area contributed by atoms with E-state index >= 15 is 0 Å². The van der Waals surface area contributed by atoms with Crippen LogP contribution in [0.4, 0.5) is 4.79 Å². The van der Waals surface area contributed by atoms with Crippen molar-refractivity contribution in [2.24, 2.45) is 0 Å². The molecule has 0 bridgehead atoms. The molecule has 1 aliphatic heterocycles. The van der Waals surface area contributed by atoms with E-state index in [1.165, 1.54) is 0 Å². The molecule has 1 aromatic carbocycles. The van der Waals surface area contributed by atoms with Crippen LogP contribution in [0, 0.1) is 0 Å². The largest absolute Gasteiger partial charge is 0.381 e. The molecule has 3 rings (SSSR count). The second-order valence-electron chi connectivity index (χ2n) is 6.80. The molecule has 25 heavy (non-hydrogen) atoms. The van der Waals surface area contributed by atoms with Crippen molar-refractivity contribution in [1.82, 2.24) is 20.5 Å². The monoisotopic (exact) mass is 342 g/mol. The highest BCUT2D eigenvalue weighted by Gasteiger charge is 2.34. The first-order chi connectivity index (χ1) is 12.1. The third-order valence-corrected chi connectivity index (χ3v) is 5.07. The Labute approximate surface area is 148 Å². The lowest BCUT2D eigenvalue weighted by atomic mass is 9.88. The Morgan fingerprint density at radius 1 is 1.24 bits per heavy atom. The van der Waals surface area contributed by atoms with Crippen molar-refractivity contribution in [2.45, 2.75) is 24.9 Å². The predicted molar refractivity (Wildman–Crippen MR) is 98.5 cm³/mol.